The average molecular weight is 517 g/mol. The van der Waals surface area contributed by atoms with Crippen LogP contribution in [0.4, 0.5) is 4.39 Å². The monoisotopic (exact) mass is 516 g/mol. The van der Waals surface area contributed by atoms with Gasteiger partial charge in [-0.2, -0.15) is 0 Å². The molecule has 5 nitrogen and oxygen atoms in total. The van der Waals surface area contributed by atoms with Crippen molar-refractivity contribution in [3.63, 3.8) is 0 Å². The van der Waals surface area contributed by atoms with E-state index in [1.165, 1.54) is 6.07 Å². The molecule has 0 saturated heterocycles. The number of carbonyl (C=O) groups is 1. The number of aromatic nitrogens is 3. The van der Waals surface area contributed by atoms with Gasteiger partial charge in [0.15, 0.2) is 11.6 Å². The number of benzene rings is 2. The lowest BCUT2D eigenvalue weighted by molar-refractivity contribution is -0.117. The molecule has 2 heterocycles. The molecule has 0 radical (unpaired) electrons. The van der Waals surface area contributed by atoms with Gasteiger partial charge in [0.1, 0.15) is 5.82 Å². The van der Waals surface area contributed by atoms with Crippen LogP contribution in [-0.4, -0.2) is 20.7 Å². The van der Waals surface area contributed by atoms with Crippen LogP contribution in [0.2, 0.25) is 0 Å². The van der Waals surface area contributed by atoms with E-state index in [0.717, 1.165) is 47.0 Å². The largest absolute Gasteiger partial charge is 0.308 e. The van der Waals surface area contributed by atoms with Crippen LogP contribution >= 0.6 is 0 Å². The molecule has 2 atom stereocenters. The van der Waals surface area contributed by atoms with Crippen molar-refractivity contribution < 1.29 is 9.18 Å². The molecule has 2 aromatic heterocycles. The van der Waals surface area contributed by atoms with Crippen molar-refractivity contribution in [3.8, 4) is 22.6 Å². The fraction of sp³-hybridized carbons (Fsp3) is 0.303. The van der Waals surface area contributed by atoms with Gasteiger partial charge in [-0.1, -0.05) is 50.3 Å². The predicted molar refractivity (Wildman–Crippen MR) is 150 cm³/mol. The molecule has 0 unspecified atom stereocenters. The van der Waals surface area contributed by atoms with Crippen molar-refractivity contribution >= 4 is 16.7 Å². The maximum atomic E-state index is 15.3. The molecule has 2 aliphatic rings. The summed E-state index contributed by atoms with van der Waals surface area (Å²) in [4.78, 5) is 31.3. The molecule has 0 saturated carbocycles. The van der Waals surface area contributed by atoms with E-state index in [-0.39, 0.29) is 23.2 Å². The Hall–Kier alpha value is -4.24. The SMILES string of the molecule is [C-]#[N+]C1=C[C@@]2(CCC(C)C)c3nc(-c4ccnc5ccccc45)nc(-c4ccccc4F)c3CC[C@@H]2CC1=O. The zero-order chi connectivity index (χ0) is 27.1. The number of halogens is 1. The molecular formula is C33H29FN4O. The van der Waals surface area contributed by atoms with E-state index in [2.05, 4.69) is 23.7 Å². The number of allylic oxidation sites excluding steroid dienone is 2. The molecule has 2 aliphatic carbocycles. The minimum Gasteiger partial charge on any atom is -0.308 e. The molecule has 2 aromatic carbocycles. The average Bonchev–Trinajstić information content (AvgIpc) is 2.95. The Morgan fingerprint density at radius 1 is 1.08 bits per heavy atom. The first kappa shape index (κ1) is 25.1. The van der Waals surface area contributed by atoms with Gasteiger partial charge in [0.25, 0.3) is 0 Å². The van der Waals surface area contributed by atoms with E-state index in [1.807, 2.05) is 42.5 Å². The fourth-order valence-electron chi connectivity index (χ4n) is 6.30. The third-order valence-corrected chi connectivity index (χ3v) is 8.31. The summed E-state index contributed by atoms with van der Waals surface area (Å²) in [6, 6.07) is 16.5. The number of carbonyl (C=O) groups excluding carboxylic acids is 1. The normalized spacial score (nSPS) is 20.3. The van der Waals surface area contributed by atoms with Crippen LogP contribution in [0.15, 0.2) is 72.6 Å². The Balaban J connectivity index is 1.70. The number of fused-ring (bicyclic) bond motifs is 4. The maximum absolute atomic E-state index is 15.3. The topological polar surface area (TPSA) is 60.1 Å². The van der Waals surface area contributed by atoms with Gasteiger partial charge in [-0.3, -0.25) is 4.98 Å². The van der Waals surface area contributed by atoms with Crippen LogP contribution in [0.5, 0.6) is 0 Å². The van der Waals surface area contributed by atoms with Gasteiger partial charge in [-0.25, -0.2) is 19.2 Å². The molecule has 39 heavy (non-hydrogen) atoms. The summed E-state index contributed by atoms with van der Waals surface area (Å²) in [7, 11) is 0. The van der Waals surface area contributed by atoms with Gasteiger partial charge in [-0.15, -0.1) is 0 Å². The zero-order valence-electron chi connectivity index (χ0n) is 22.1. The van der Waals surface area contributed by atoms with E-state index in [1.54, 1.807) is 18.3 Å². The first-order chi connectivity index (χ1) is 18.9. The summed E-state index contributed by atoms with van der Waals surface area (Å²) in [5, 5.41) is 0.916. The van der Waals surface area contributed by atoms with Gasteiger partial charge < -0.3 is 4.79 Å². The van der Waals surface area contributed by atoms with Crippen molar-refractivity contribution in [2.75, 3.05) is 0 Å². The second-order valence-corrected chi connectivity index (χ2v) is 11.1. The van der Waals surface area contributed by atoms with Crippen LogP contribution in [0.3, 0.4) is 0 Å². The molecule has 6 heteroatoms. The highest BCUT2D eigenvalue weighted by atomic mass is 19.1. The maximum Gasteiger partial charge on any atom is 0.226 e. The Kier molecular flexibility index (Phi) is 6.31. The van der Waals surface area contributed by atoms with Crippen LogP contribution < -0.4 is 0 Å². The number of rotatable bonds is 5. The van der Waals surface area contributed by atoms with Gasteiger partial charge >= 0.3 is 0 Å². The smallest absolute Gasteiger partial charge is 0.226 e. The lowest BCUT2D eigenvalue weighted by atomic mass is 9.58. The molecule has 0 fully saturated rings. The molecule has 0 amide bonds. The van der Waals surface area contributed by atoms with E-state index in [0.29, 0.717) is 35.8 Å². The predicted octanol–water partition coefficient (Wildman–Crippen LogP) is 7.51. The van der Waals surface area contributed by atoms with Gasteiger partial charge in [0.05, 0.1) is 23.5 Å². The molecule has 4 aromatic rings. The minimum absolute atomic E-state index is 0.0344. The first-order valence-corrected chi connectivity index (χ1v) is 13.5. The Labute approximate surface area is 227 Å². The highest BCUT2D eigenvalue weighted by molar-refractivity contribution is 5.99. The van der Waals surface area contributed by atoms with Gasteiger partial charge in [0, 0.05) is 40.1 Å². The second kappa shape index (κ2) is 9.81. The van der Waals surface area contributed by atoms with E-state index in [9.17, 15) is 4.79 Å². The first-order valence-electron chi connectivity index (χ1n) is 13.5. The lowest BCUT2D eigenvalue weighted by Crippen LogP contribution is -2.44. The quantitative estimate of drug-likeness (QED) is 0.258. The summed E-state index contributed by atoms with van der Waals surface area (Å²) in [6.07, 6.45) is 7.07. The van der Waals surface area contributed by atoms with Crippen LogP contribution in [0.1, 0.15) is 50.8 Å². The van der Waals surface area contributed by atoms with Crippen molar-refractivity contribution in [1.82, 2.24) is 15.0 Å². The van der Waals surface area contributed by atoms with Crippen molar-refractivity contribution in [2.45, 2.75) is 51.4 Å². The third kappa shape index (κ3) is 4.23. The molecule has 6 rings (SSSR count). The number of Topliss-reactive ketones (excluding diaryl/α,β-unsaturated/α-hetero) is 1. The summed E-state index contributed by atoms with van der Waals surface area (Å²) in [5.74, 6) is 0.544. The van der Waals surface area contributed by atoms with Crippen molar-refractivity contribution in [3.05, 3.63) is 101 Å². The van der Waals surface area contributed by atoms with E-state index >= 15 is 4.39 Å². The van der Waals surface area contributed by atoms with Crippen molar-refractivity contribution in [2.24, 2.45) is 11.8 Å². The Bertz CT molecular complexity index is 1680. The molecular weight excluding hydrogens is 487 g/mol. The van der Waals surface area contributed by atoms with Crippen LogP contribution in [0, 0.1) is 24.2 Å². The Morgan fingerprint density at radius 2 is 1.87 bits per heavy atom. The highest BCUT2D eigenvalue weighted by Gasteiger charge is 2.49. The number of hydrogen-bond acceptors (Lipinski definition) is 4. The number of hydrogen-bond donors (Lipinski definition) is 0. The second-order valence-electron chi connectivity index (χ2n) is 11.1. The zero-order valence-corrected chi connectivity index (χ0v) is 22.1. The van der Waals surface area contributed by atoms with Crippen LogP contribution in [0.25, 0.3) is 38.4 Å². The summed E-state index contributed by atoms with van der Waals surface area (Å²) < 4.78 is 15.3. The lowest BCUT2D eigenvalue weighted by Gasteiger charge is -2.46. The number of ketones is 1. The van der Waals surface area contributed by atoms with Gasteiger partial charge in [-0.05, 0) is 61.8 Å². The summed E-state index contributed by atoms with van der Waals surface area (Å²) in [6.45, 7) is 12.1. The van der Waals surface area contributed by atoms with Gasteiger partial charge in [0.2, 0.25) is 5.70 Å². The molecule has 194 valence electrons. The molecule has 0 bridgehead atoms. The number of para-hydroxylation sites is 1. The molecule has 0 N–H and O–H groups in total. The van der Waals surface area contributed by atoms with Crippen LogP contribution in [-0.2, 0) is 16.6 Å². The highest BCUT2D eigenvalue weighted by Crippen LogP contribution is 2.52. The standard InChI is InChI=1S/C33H29FN4O/c1-20(2)14-16-33-19-28(35-3)29(39)18-21(33)12-13-25-30(24-9-4-6-10-26(24)34)37-32(38-31(25)33)23-15-17-36-27-11-7-5-8-22(23)27/h4-11,15,17,19-21H,12-14,16,18H2,1-2H3/t21-,33-/m1/s1. The number of pyridine rings is 1. The third-order valence-electron chi connectivity index (χ3n) is 8.31. The molecule has 0 spiro atoms. The number of nitrogens with zero attached hydrogens (tertiary/aromatic N) is 4. The van der Waals surface area contributed by atoms with E-state index < -0.39 is 5.41 Å². The summed E-state index contributed by atoms with van der Waals surface area (Å²) >= 11 is 0. The minimum atomic E-state index is -0.591. The fourth-order valence-corrected chi connectivity index (χ4v) is 6.30. The van der Waals surface area contributed by atoms with Crippen molar-refractivity contribution in [1.29, 1.82) is 0 Å². The molecule has 0 aliphatic heterocycles. The van der Waals surface area contributed by atoms with E-state index in [4.69, 9.17) is 16.5 Å². The summed E-state index contributed by atoms with van der Waals surface area (Å²) in [5.41, 5.74) is 4.02. The Morgan fingerprint density at radius 3 is 2.67 bits per heavy atom.